The van der Waals surface area contributed by atoms with Crippen molar-refractivity contribution in [3.8, 4) is 22.6 Å². The van der Waals surface area contributed by atoms with Crippen molar-refractivity contribution in [2.24, 2.45) is 0 Å². The summed E-state index contributed by atoms with van der Waals surface area (Å²) >= 11 is 0. The molecule has 5 nitrogen and oxygen atoms in total. The van der Waals surface area contributed by atoms with Gasteiger partial charge in [0, 0.05) is 30.4 Å². The predicted molar refractivity (Wildman–Crippen MR) is 83.8 cm³/mol. The minimum Gasteiger partial charge on any atom is -0.256 e. The van der Waals surface area contributed by atoms with Crippen molar-refractivity contribution >= 4 is 9.84 Å². The van der Waals surface area contributed by atoms with Crippen LogP contribution in [-0.4, -0.2) is 29.6 Å². The van der Waals surface area contributed by atoms with E-state index in [4.69, 9.17) is 0 Å². The van der Waals surface area contributed by atoms with Gasteiger partial charge in [0.1, 0.15) is 0 Å². The Morgan fingerprint density at radius 1 is 0.773 bits per heavy atom. The number of aromatic nitrogens is 3. The number of pyridine rings is 3. The van der Waals surface area contributed by atoms with E-state index >= 15 is 0 Å². The maximum atomic E-state index is 12.1. The van der Waals surface area contributed by atoms with Gasteiger partial charge in [0.05, 0.1) is 22.0 Å². The molecule has 0 aliphatic carbocycles. The van der Waals surface area contributed by atoms with Crippen molar-refractivity contribution < 1.29 is 8.42 Å². The molecular weight excluding hydrogens is 298 g/mol. The molecule has 0 saturated heterocycles. The zero-order valence-corrected chi connectivity index (χ0v) is 12.7. The van der Waals surface area contributed by atoms with Gasteiger partial charge >= 0.3 is 0 Å². The van der Waals surface area contributed by atoms with Gasteiger partial charge in [-0.2, -0.15) is 0 Å². The van der Waals surface area contributed by atoms with Crippen molar-refractivity contribution in [1.29, 1.82) is 0 Å². The highest BCUT2D eigenvalue weighted by Gasteiger charge is 2.21. The molecule has 0 unspecified atom stereocenters. The van der Waals surface area contributed by atoms with Gasteiger partial charge in [-0.05, 0) is 30.3 Å². The molecule has 0 atom stereocenters. The predicted octanol–water partition coefficient (Wildman–Crippen LogP) is 2.61. The molecule has 110 valence electrons. The highest BCUT2D eigenvalue weighted by molar-refractivity contribution is 7.90. The summed E-state index contributed by atoms with van der Waals surface area (Å²) in [7, 11) is -3.42. The molecule has 3 aromatic heterocycles. The topological polar surface area (TPSA) is 72.8 Å². The Bertz CT molecular complexity index is 895. The summed E-state index contributed by atoms with van der Waals surface area (Å²) in [6.45, 7) is 0. The molecule has 3 aromatic rings. The van der Waals surface area contributed by atoms with Crippen molar-refractivity contribution in [3.05, 3.63) is 61.1 Å². The average Bonchev–Trinajstić information content (AvgIpc) is 2.55. The molecule has 0 spiro atoms. The van der Waals surface area contributed by atoms with Crippen molar-refractivity contribution in [2.75, 3.05) is 6.26 Å². The van der Waals surface area contributed by atoms with E-state index in [-0.39, 0.29) is 4.90 Å². The van der Waals surface area contributed by atoms with Gasteiger partial charge in [-0.25, -0.2) is 8.42 Å². The Morgan fingerprint density at radius 2 is 1.41 bits per heavy atom. The van der Waals surface area contributed by atoms with Gasteiger partial charge < -0.3 is 0 Å². The van der Waals surface area contributed by atoms with E-state index in [9.17, 15) is 8.42 Å². The Kier molecular flexibility index (Phi) is 3.68. The molecule has 6 heteroatoms. The van der Waals surface area contributed by atoms with Crippen LogP contribution in [0.5, 0.6) is 0 Å². The third-order valence-electron chi connectivity index (χ3n) is 3.14. The number of rotatable bonds is 3. The molecule has 0 bridgehead atoms. The second-order valence-corrected chi connectivity index (χ2v) is 6.72. The zero-order chi connectivity index (χ0) is 15.6. The van der Waals surface area contributed by atoms with Crippen molar-refractivity contribution in [2.45, 2.75) is 4.90 Å². The minimum absolute atomic E-state index is 0.196. The third kappa shape index (κ3) is 2.73. The molecular formula is C16H13N3O2S. The summed E-state index contributed by atoms with van der Waals surface area (Å²) in [4.78, 5) is 13.1. The Balaban J connectivity index is 2.37. The largest absolute Gasteiger partial charge is 0.256 e. The molecule has 22 heavy (non-hydrogen) atoms. The monoisotopic (exact) mass is 311 g/mol. The second-order valence-electron chi connectivity index (χ2n) is 4.73. The first-order chi connectivity index (χ1) is 10.6. The van der Waals surface area contributed by atoms with E-state index in [1.54, 1.807) is 36.7 Å². The van der Waals surface area contributed by atoms with Crippen molar-refractivity contribution in [1.82, 2.24) is 15.0 Å². The highest BCUT2D eigenvalue weighted by Crippen LogP contribution is 2.33. The molecule has 0 saturated carbocycles. The first-order valence-corrected chi connectivity index (χ1v) is 8.48. The summed E-state index contributed by atoms with van der Waals surface area (Å²) in [5.74, 6) is 0. The Morgan fingerprint density at radius 3 is 1.95 bits per heavy atom. The van der Waals surface area contributed by atoms with Gasteiger partial charge in [-0.1, -0.05) is 12.1 Å². The quantitative estimate of drug-likeness (QED) is 0.743. The molecule has 3 heterocycles. The molecule has 0 fully saturated rings. The van der Waals surface area contributed by atoms with Crippen LogP contribution in [0.15, 0.2) is 66.0 Å². The summed E-state index contributed by atoms with van der Waals surface area (Å²) in [6.07, 6.45) is 5.92. The zero-order valence-electron chi connectivity index (χ0n) is 11.8. The molecule has 0 aromatic carbocycles. The fourth-order valence-corrected chi connectivity index (χ4v) is 3.09. The summed E-state index contributed by atoms with van der Waals surface area (Å²) in [5.41, 5.74) is 2.14. The molecule has 3 rings (SSSR count). The van der Waals surface area contributed by atoms with Crippen LogP contribution in [0.4, 0.5) is 0 Å². The molecule has 0 N–H and O–H groups in total. The lowest BCUT2D eigenvalue weighted by Gasteiger charge is -2.12. The van der Waals surface area contributed by atoms with E-state index in [1.807, 2.05) is 12.1 Å². The molecule has 0 aliphatic rings. The smallest absolute Gasteiger partial charge is 0.176 e. The molecule has 0 radical (unpaired) electrons. The van der Waals surface area contributed by atoms with Gasteiger partial charge in [0.15, 0.2) is 9.84 Å². The normalized spacial score (nSPS) is 11.3. The second kappa shape index (κ2) is 5.65. The first kappa shape index (κ1) is 14.3. The average molecular weight is 311 g/mol. The number of hydrogen-bond acceptors (Lipinski definition) is 5. The standard InChI is InChI=1S/C16H13N3O2S/c1-22(20,21)14-8-11-19-16(13-7-3-5-10-18-13)15(14)12-6-2-4-9-17-12/h2-11H,1H3. The molecule has 0 aliphatic heterocycles. The SMILES string of the molecule is CS(=O)(=O)c1ccnc(-c2ccccn2)c1-c1ccccn1. The van der Waals surface area contributed by atoms with Crippen LogP contribution in [0.1, 0.15) is 0 Å². The van der Waals surface area contributed by atoms with Crippen LogP contribution in [0.2, 0.25) is 0 Å². The summed E-state index contributed by atoms with van der Waals surface area (Å²) < 4.78 is 24.3. The Hall–Kier alpha value is -2.60. The van der Waals surface area contributed by atoms with Gasteiger partial charge in [0.25, 0.3) is 0 Å². The number of nitrogens with zero attached hydrogens (tertiary/aromatic N) is 3. The third-order valence-corrected chi connectivity index (χ3v) is 4.28. The minimum atomic E-state index is -3.42. The van der Waals surface area contributed by atoms with Crippen LogP contribution in [0.3, 0.4) is 0 Å². The van der Waals surface area contributed by atoms with Gasteiger partial charge in [-0.15, -0.1) is 0 Å². The van der Waals surface area contributed by atoms with Crippen molar-refractivity contribution in [3.63, 3.8) is 0 Å². The lowest BCUT2D eigenvalue weighted by atomic mass is 10.1. The van der Waals surface area contributed by atoms with Crippen LogP contribution in [-0.2, 0) is 9.84 Å². The molecule has 0 amide bonds. The summed E-state index contributed by atoms with van der Waals surface area (Å²) in [6, 6.07) is 12.3. The van der Waals surface area contributed by atoms with Crippen LogP contribution >= 0.6 is 0 Å². The number of sulfone groups is 1. The van der Waals surface area contributed by atoms with E-state index < -0.39 is 9.84 Å². The maximum Gasteiger partial charge on any atom is 0.176 e. The van der Waals surface area contributed by atoms with Gasteiger partial charge in [-0.3, -0.25) is 15.0 Å². The highest BCUT2D eigenvalue weighted by atomic mass is 32.2. The van der Waals surface area contributed by atoms with E-state index in [2.05, 4.69) is 15.0 Å². The first-order valence-electron chi connectivity index (χ1n) is 6.59. The van der Waals surface area contributed by atoms with Crippen LogP contribution in [0, 0.1) is 0 Å². The van der Waals surface area contributed by atoms with Crippen LogP contribution in [0.25, 0.3) is 22.6 Å². The van der Waals surface area contributed by atoms with E-state index in [0.717, 1.165) is 0 Å². The summed E-state index contributed by atoms with van der Waals surface area (Å²) in [5, 5.41) is 0. The fraction of sp³-hybridized carbons (Fsp3) is 0.0625. The van der Waals surface area contributed by atoms with E-state index in [1.165, 1.54) is 18.5 Å². The van der Waals surface area contributed by atoms with Gasteiger partial charge in [0.2, 0.25) is 0 Å². The maximum absolute atomic E-state index is 12.1. The van der Waals surface area contributed by atoms with E-state index in [0.29, 0.717) is 22.6 Å². The number of hydrogen-bond donors (Lipinski definition) is 0. The van der Waals surface area contributed by atoms with Crippen LogP contribution < -0.4 is 0 Å². The Labute approximate surface area is 128 Å². The fourth-order valence-electron chi connectivity index (χ4n) is 2.21. The lowest BCUT2D eigenvalue weighted by Crippen LogP contribution is -2.04. The lowest BCUT2D eigenvalue weighted by molar-refractivity contribution is 0.602.